The fraction of sp³-hybridized carbons (Fsp3) is 0.524. The molecule has 28 heavy (non-hydrogen) atoms. The molecule has 0 radical (unpaired) electrons. The van der Waals surface area contributed by atoms with Gasteiger partial charge in [-0.2, -0.15) is 0 Å². The van der Waals surface area contributed by atoms with Crippen molar-refractivity contribution in [3.63, 3.8) is 0 Å². The molecule has 0 spiro atoms. The first-order valence-electron chi connectivity index (χ1n) is 9.77. The molecule has 1 amide bonds. The summed E-state index contributed by atoms with van der Waals surface area (Å²) in [5, 5.41) is 11.9. The van der Waals surface area contributed by atoms with E-state index in [4.69, 9.17) is 4.74 Å². The third-order valence-electron chi connectivity index (χ3n) is 5.18. The van der Waals surface area contributed by atoms with Crippen LogP contribution in [0.15, 0.2) is 24.3 Å². The first-order valence-corrected chi connectivity index (χ1v) is 10.6. The Morgan fingerprint density at radius 2 is 2.14 bits per heavy atom. The largest absolute Gasteiger partial charge is 0.490 e. The molecule has 3 rings (SSSR count). The monoisotopic (exact) mass is 406 g/mol. The molecule has 1 fully saturated rings. The maximum absolute atomic E-state index is 13.6. The first kappa shape index (κ1) is 20.7. The molecule has 2 heterocycles. The van der Waals surface area contributed by atoms with Gasteiger partial charge in [-0.15, -0.1) is 11.3 Å². The van der Waals surface area contributed by atoms with Crippen LogP contribution in [0.25, 0.3) is 0 Å². The number of amides is 1. The molecular formula is C21H27FN2O3S. The number of aliphatic hydroxyl groups is 1. The van der Waals surface area contributed by atoms with Crippen molar-refractivity contribution < 1.29 is 19.0 Å². The lowest BCUT2D eigenvalue weighted by atomic mass is 9.96. The Bertz CT molecular complexity index is 826. The van der Waals surface area contributed by atoms with Crippen LogP contribution in [0.2, 0.25) is 0 Å². The molecule has 1 aromatic heterocycles. The second kappa shape index (κ2) is 9.01. The topological polar surface area (TPSA) is 62.7 Å². The highest BCUT2D eigenvalue weighted by Crippen LogP contribution is 2.36. The van der Waals surface area contributed by atoms with E-state index in [0.717, 1.165) is 17.0 Å². The minimum Gasteiger partial charge on any atom is -0.490 e. The lowest BCUT2D eigenvalue weighted by Gasteiger charge is -2.24. The number of hydrogen-bond donors (Lipinski definition) is 1. The summed E-state index contributed by atoms with van der Waals surface area (Å²) >= 11 is 1.49. The van der Waals surface area contributed by atoms with Crippen molar-refractivity contribution >= 4 is 17.2 Å². The van der Waals surface area contributed by atoms with Crippen molar-refractivity contribution in [2.45, 2.75) is 51.6 Å². The summed E-state index contributed by atoms with van der Waals surface area (Å²) in [4.78, 5) is 19.5. The van der Waals surface area contributed by atoms with E-state index in [1.807, 2.05) is 18.7 Å². The number of halogens is 1. The fourth-order valence-electron chi connectivity index (χ4n) is 3.48. The van der Waals surface area contributed by atoms with Crippen LogP contribution >= 0.6 is 11.3 Å². The van der Waals surface area contributed by atoms with Crippen LogP contribution in [0, 0.1) is 12.7 Å². The number of benzene rings is 1. The molecular weight excluding hydrogens is 379 g/mol. The predicted molar refractivity (Wildman–Crippen MR) is 107 cm³/mol. The molecule has 1 aliphatic rings. The van der Waals surface area contributed by atoms with Crippen LogP contribution < -0.4 is 4.74 Å². The van der Waals surface area contributed by atoms with Gasteiger partial charge in [-0.3, -0.25) is 4.79 Å². The number of carbonyl (C=O) groups excluding carboxylic acids is 1. The van der Waals surface area contributed by atoms with Gasteiger partial charge in [0.2, 0.25) is 5.91 Å². The molecule has 0 aliphatic carbocycles. The third kappa shape index (κ3) is 4.70. The van der Waals surface area contributed by atoms with Crippen molar-refractivity contribution in [2.75, 3.05) is 19.7 Å². The van der Waals surface area contributed by atoms with Crippen LogP contribution in [-0.2, 0) is 16.8 Å². The normalized spacial score (nSPS) is 20.1. The van der Waals surface area contributed by atoms with E-state index < -0.39 is 5.60 Å². The van der Waals surface area contributed by atoms with Crippen LogP contribution in [0.3, 0.4) is 0 Å². The van der Waals surface area contributed by atoms with Gasteiger partial charge in [-0.1, -0.05) is 19.1 Å². The molecule has 7 heteroatoms. The fourth-order valence-corrected chi connectivity index (χ4v) is 4.67. The number of thiazole rings is 1. The minimum absolute atomic E-state index is 0.130. The van der Waals surface area contributed by atoms with E-state index in [0.29, 0.717) is 50.4 Å². The highest BCUT2D eigenvalue weighted by atomic mass is 32.1. The Hall–Kier alpha value is -1.99. The molecule has 1 atom stereocenters. The zero-order chi connectivity index (χ0) is 20.1. The third-order valence-corrected chi connectivity index (χ3v) is 6.59. The standard InChI is InChI=1S/C21H27FN2O3S/c1-3-19(25)24-12-6-10-21(26,11-13-24)20-23-15(2)18(28-20)9-14-27-17-8-5-4-7-16(17)22/h4-5,7-8,26H,3,6,9-14H2,1-2H3. The lowest BCUT2D eigenvalue weighted by Crippen LogP contribution is -2.33. The van der Waals surface area contributed by atoms with Crippen LogP contribution in [-0.4, -0.2) is 40.6 Å². The Balaban J connectivity index is 1.64. The molecule has 1 aliphatic heterocycles. The summed E-state index contributed by atoms with van der Waals surface area (Å²) in [6.45, 7) is 5.36. The van der Waals surface area contributed by atoms with Crippen LogP contribution in [0.5, 0.6) is 5.75 Å². The summed E-state index contributed by atoms with van der Waals surface area (Å²) in [6.07, 6.45) is 2.94. The average Bonchev–Trinajstić information content (AvgIpc) is 2.94. The van der Waals surface area contributed by atoms with Crippen LogP contribution in [0.1, 0.15) is 48.2 Å². The van der Waals surface area contributed by atoms with E-state index in [9.17, 15) is 14.3 Å². The van der Waals surface area contributed by atoms with E-state index >= 15 is 0 Å². The molecule has 1 N–H and O–H groups in total. The molecule has 1 unspecified atom stereocenters. The maximum Gasteiger partial charge on any atom is 0.222 e. The average molecular weight is 407 g/mol. The Morgan fingerprint density at radius 3 is 2.89 bits per heavy atom. The number of rotatable bonds is 6. The SMILES string of the molecule is CCC(=O)N1CCCC(O)(c2nc(C)c(CCOc3ccccc3F)s2)CC1. The summed E-state index contributed by atoms with van der Waals surface area (Å²) in [5.41, 5.74) is -0.126. The molecule has 5 nitrogen and oxygen atoms in total. The summed E-state index contributed by atoms with van der Waals surface area (Å²) in [7, 11) is 0. The molecule has 0 bridgehead atoms. The number of aryl methyl sites for hydroxylation is 1. The number of hydrogen-bond acceptors (Lipinski definition) is 5. The number of likely N-dealkylation sites (tertiary alicyclic amines) is 1. The van der Waals surface area contributed by atoms with Crippen LogP contribution in [0.4, 0.5) is 4.39 Å². The Labute approximate surface area is 169 Å². The Morgan fingerprint density at radius 1 is 1.36 bits per heavy atom. The molecule has 1 aromatic carbocycles. The van der Waals surface area contributed by atoms with Crippen molar-refractivity contribution in [3.05, 3.63) is 45.7 Å². The summed E-state index contributed by atoms with van der Waals surface area (Å²) in [6, 6.07) is 6.35. The van der Waals surface area contributed by atoms with E-state index in [1.54, 1.807) is 18.2 Å². The van der Waals surface area contributed by atoms with Gasteiger partial charge in [-0.25, -0.2) is 9.37 Å². The highest BCUT2D eigenvalue weighted by molar-refractivity contribution is 7.11. The quantitative estimate of drug-likeness (QED) is 0.792. The van der Waals surface area contributed by atoms with Gasteiger partial charge in [0.1, 0.15) is 10.6 Å². The zero-order valence-electron chi connectivity index (χ0n) is 16.4. The minimum atomic E-state index is -0.997. The lowest BCUT2D eigenvalue weighted by molar-refractivity contribution is -0.131. The molecule has 2 aromatic rings. The van der Waals surface area contributed by atoms with E-state index in [-0.39, 0.29) is 17.5 Å². The maximum atomic E-state index is 13.6. The van der Waals surface area contributed by atoms with Crippen molar-refractivity contribution in [3.8, 4) is 5.75 Å². The molecule has 0 saturated carbocycles. The van der Waals surface area contributed by atoms with Gasteiger partial charge in [0.25, 0.3) is 0 Å². The second-order valence-corrected chi connectivity index (χ2v) is 8.26. The van der Waals surface area contributed by atoms with Gasteiger partial charge in [0.05, 0.1) is 12.3 Å². The van der Waals surface area contributed by atoms with E-state index in [2.05, 4.69) is 4.98 Å². The van der Waals surface area contributed by atoms with Gasteiger partial charge in [0.15, 0.2) is 11.6 Å². The summed E-state index contributed by atoms with van der Waals surface area (Å²) in [5.74, 6) is 0.00156. The van der Waals surface area contributed by atoms with Crippen molar-refractivity contribution in [1.82, 2.24) is 9.88 Å². The van der Waals surface area contributed by atoms with Gasteiger partial charge in [-0.05, 0) is 31.9 Å². The number of ether oxygens (including phenoxy) is 1. The molecule has 1 saturated heterocycles. The Kier molecular flexibility index (Phi) is 6.67. The first-order chi connectivity index (χ1) is 13.4. The highest BCUT2D eigenvalue weighted by Gasteiger charge is 2.36. The smallest absolute Gasteiger partial charge is 0.222 e. The number of aromatic nitrogens is 1. The predicted octanol–water partition coefficient (Wildman–Crippen LogP) is 3.82. The summed E-state index contributed by atoms with van der Waals surface area (Å²) < 4.78 is 19.2. The van der Waals surface area contributed by atoms with Gasteiger partial charge >= 0.3 is 0 Å². The van der Waals surface area contributed by atoms with Crippen molar-refractivity contribution in [2.24, 2.45) is 0 Å². The zero-order valence-corrected chi connectivity index (χ0v) is 17.2. The van der Waals surface area contributed by atoms with Gasteiger partial charge < -0.3 is 14.7 Å². The molecule has 152 valence electrons. The van der Waals surface area contributed by atoms with E-state index in [1.165, 1.54) is 17.4 Å². The van der Waals surface area contributed by atoms with Crippen molar-refractivity contribution in [1.29, 1.82) is 0 Å². The number of carbonyl (C=O) groups is 1. The number of nitrogens with zero attached hydrogens (tertiary/aromatic N) is 2. The second-order valence-electron chi connectivity index (χ2n) is 7.18. The van der Waals surface area contributed by atoms with Gasteiger partial charge in [0, 0.05) is 37.2 Å². The number of para-hydroxylation sites is 1.